The van der Waals surface area contributed by atoms with Crippen LogP contribution in [0.2, 0.25) is 0 Å². The SMILES string of the molecule is CN1C(=O)N[C@](C)([C@@H]2CCCN(Cc3ccn(C)c(=O)c3)C2)C1=O. The zero-order valence-electron chi connectivity index (χ0n) is 14.4. The Labute approximate surface area is 141 Å². The van der Waals surface area contributed by atoms with Crippen molar-refractivity contribution in [3.05, 3.63) is 34.2 Å². The van der Waals surface area contributed by atoms with Crippen LogP contribution in [0, 0.1) is 5.92 Å². The summed E-state index contributed by atoms with van der Waals surface area (Å²) in [6, 6.07) is 3.27. The van der Waals surface area contributed by atoms with Gasteiger partial charge in [-0.3, -0.25) is 19.4 Å². The maximum atomic E-state index is 12.5. The number of likely N-dealkylation sites (N-methyl/N-ethyl adjacent to an activating group) is 1. The lowest BCUT2D eigenvalue weighted by Gasteiger charge is -2.39. The lowest BCUT2D eigenvalue weighted by Crippen LogP contribution is -2.55. The molecule has 7 nitrogen and oxygen atoms in total. The van der Waals surface area contributed by atoms with Gasteiger partial charge in [-0.25, -0.2) is 4.79 Å². The van der Waals surface area contributed by atoms with Crippen molar-refractivity contribution < 1.29 is 9.59 Å². The van der Waals surface area contributed by atoms with Crippen molar-refractivity contribution in [1.82, 2.24) is 19.7 Å². The zero-order valence-corrected chi connectivity index (χ0v) is 14.4. The van der Waals surface area contributed by atoms with Gasteiger partial charge in [-0.1, -0.05) is 0 Å². The first-order valence-corrected chi connectivity index (χ1v) is 8.29. The molecule has 1 aromatic rings. The van der Waals surface area contributed by atoms with E-state index in [4.69, 9.17) is 0 Å². The van der Waals surface area contributed by atoms with Crippen molar-refractivity contribution in [2.24, 2.45) is 13.0 Å². The molecule has 24 heavy (non-hydrogen) atoms. The Morgan fingerprint density at radius 2 is 2.04 bits per heavy atom. The topological polar surface area (TPSA) is 74.7 Å². The second kappa shape index (κ2) is 6.05. The first-order valence-electron chi connectivity index (χ1n) is 8.29. The van der Waals surface area contributed by atoms with Crippen molar-refractivity contribution in [2.75, 3.05) is 20.1 Å². The third kappa shape index (κ3) is 2.84. The van der Waals surface area contributed by atoms with E-state index in [2.05, 4.69) is 10.2 Å². The molecule has 1 N–H and O–H groups in total. The maximum Gasteiger partial charge on any atom is 0.324 e. The van der Waals surface area contributed by atoms with Gasteiger partial charge in [0.15, 0.2) is 0 Å². The third-order valence-corrected chi connectivity index (χ3v) is 5.32. The fourth-order valence-corrected chi connectivity index (χ4v) is 3.69. The van der Waals surface area contributed by atoms with Gasteiger partial charge in [0.05, 0.1) is 0 Å². The van der Waals surface area contributed by atoms with Crippen molar-refractivity contribution in [3.8, 4) is 0 Å². The number of amides is 3. The number of piperidine rings is 1. The Morgan fingerprint density at radius 1 is 1.29 bits per heavy atom. The highest BCUT2D eigenvalue weighted by Crippen LogP contribution is 2.32. The maximum absolute atomic E-state index is 12.5. The molecule has 7 heteroatoms. The van der Waals surface area contributed by atoms with E-state index in [9.17, 15) is 14.4 Å². The van der Waals surface area contributed by atoms with Gasteiger partial charge in [-0.2, -0.15) is 0 Å². The second-order valence-corrected chi connectivity index (χ2v) is 7.06. The Morgan fingerprint density at radius 3 is 2.67 bits per heavy atom. The van der Waals surface area contributed by atoms with Crippen molar-refractivity contribution in [2.45, 2.75) is 31.8 Å². The lowest BCUT2D eigenvalue weighted by molar-refractivity contribution is -0.132. The molecular formula is C17H24N4O3. The molecule has 1 aromatic heterocycles. The molecule has 3 rings (SSSR count). The molecule has 2 fully saturated rings. The Balaban J connectivity index is 1.72. The summed E-state index contributed by atoms with van der Waals surface area (Å²) in [5, 5.41) is 2.86. The van der Waals surface area contributed by atoms with Crippen LogP contribution in [-0.4, -0.2) is 52.0 Å². The highest BCUT2D eigenvalue weighted by molar-refractivity contribution is 6.06. The van der Waals surface area contributed by atoms with Gasteiger partial charge in [0, 0.05) is 45.4 Å². The predicted molar refractivity (Wildman–Crippen MR) is 89.4 cm³/mol. The number of nitrogens with zero attached hydrogens (tertiary/aromatic N) is 3. The summed E-state index contributed by atoms with van der Waals surface area (Å²) in [5.41, 5.74) is 0.118. The van der Waals surface area contributed by atoms with Gasteiger partial charge >= 0.3 is 6.03 Å². The summed E-state index contributed by atoms with van der Waals surface area (Å²) < 4.78 is 1.55. The van der Waals surface area contributed by atoms with E-state index in [1.54, 1.807) is 23.9 Å². The van der Waals surface area contributed by atoms with Crippen LogP contribution in [0.15, 0.2) is 23.1 Å². The number of urea groups is 1. The first kappa shape index (κ1) is 16.7. The second-order valence-electron chi connectivity index (χ2n) is 7.06. The lowest BCUT2D eigenvalue weighted by atomic mass is 9.80. The van der Waals surface area contributed by atoms with Crippen LogP contribution in [-0.2, 0) is 18.4 Å². The molecular weight excluding hydrogens is 308 g/mol. The number of aromatic nitrogens is 1. The minimum atomic E-state index is -0.836. The number of carbonyl (C=O) groups is 2. The van der Waals surface area contributed by atoms with Gasteiger partial charge < -0.3 is 9.88 Å². The molecule has 2 aliphatic heterocycles. The van der Waals surface area contributed by atoms with Crippen LogP contribution >= 0.6 is 0 Å². The summed E-state index contributed by atoms with van der Waals surface area (Å²) in [4.78, 5) is 39.5. The molecule has 0 radical (unpaired) electrons. The molecule has 0 bridgehead atoms. The molecule has 3 heterocycles. The highest BCUT2D eigenvalue weighted by atomic mass is 16.2. The molecule has 130 valence electrons. The molecule has 0 spiro atoms. The predicted octanol–water partition coefficient (Wildman–Crippen LogP) is 0.538. The van der Waals surface area contributed by atoms with E-state index in [-0.39, 0.29) is 23.4 Å². The quantitative estimate of drug-likeness (QED) is 0.820. The fourth-order valence-electron chi connectivity index (χ4n) is 3.69. The Hall–Kier alpha value is -2.15. The van der Waals surface area contributed by atoms with Crippen LogP contribution in [0.3, 0.4) is 0 Å². The number of likely N-dealkylation sites (tertiary alicyclic amines) is 1. The number of carbonyl (C=O) groups excluding carboxylic acids is 2. The number of aryl methyl sites for hydroxylation is 1. The molecule has 2 saturated heterocycles. The molecule has 0 aromatic carbocycles. The Bertz CT molecular complexity index is 729. The number of imide groups is 1. The van der Waals surface area contributed by atoms with E-state index >= 15 is 0 Å². The monoisotopic (exact) mass is 332 g/mol. The van der Waals surface area contributed by atoms with Crippen molar-refractivity contribution >= 4 is 11.9 Å². The fraction of sp³-hybridized carbons (Fsp3) is 0.588. The van der Waals surface area contributed by atoms with Crippen LogP contribution < -0.4 is 10.9 Å². The smallest absolute Gasteiger partial charge is 0.323 e. The standard InChI is InChI=1S/C17H24N4O3/c1-17(15(23)20(3)16(24)18-17)13-5-4-7-21(11-13)10-12-6-8-19(2)14(22)9-12/h6,8-9,13H,4-5,7,10-11H2,1-3H3,(H,18,24)/t13-,17-/m1/s1. The number of rotatable bonds is 3. The van der Waals surface area contributed by atoms with E-state index in [1.807, 2.05) is 13.0 Å². The van der Waals surface area contributed by atoms with Gasteiger partial charge in [-0.05, 0) is 37.9 Å². The molecule has 0 aliphatic carbocycles. The van der Waals surface area contributed by atoms with Gasteiger partial charge in [-0.15, -0.1) is 0 Å². The molecule has 0 unspecified atom stereocenters. The van der Waals surface area contributed by atoms with Crippen molar-refractivity contribution in [3.63, 3.8) is 0 Å². The van der Waals surface area contributed by atoms with Crippen LogP contribution in [0.25, 0.3) is 0 Å². The molecule has 2 atom stereocenters. The summed E-state index contributed by atoms with van der Waals surface area (Å²) >= 11 is 0. The summed E-state index contributed by atoms with van der Waals surface area (Å²) in [5.74, 6) is -0.0906. The number of pyridine rings is 1. The average Bonchev–Trinajstić information content (AvgIpc) is 2.76. The highest BCUT2D eigenvalue weighted by Gasteiger charge is 2.51. The number of hydrogen-bond donors (Lipinski definition) is 1. The summed E-state index contributed by atoms with van der Waals surface area (Å²) in [6.45, 7) is 4.16. The normalized spacial score (nSPS) is 28.3. The van der Waals surface area contributed by atoms with E-state index in [0.29, 0.717) is 6.54 Å². The van der Waals surface area contributed by atoms with Gasteiger partial charge in [0.25, 0.3) is 11.5 Å². The van der Waals surface area contributed by atoms with E-state index in [1.165, 1.54) is 11.9 Å². The largest absolute Gasteiger partial charge is 0.324 e. The summed E-state index contributed by atoms with van der Waals surface area (Å²) in [7, 11) is 3.25. The van der Waals surface area contributed by atoms with Gasteiger partial charge in [0.1, 0.15) is 5.54 Å². The van der Waals surface area contributed by atoms with E-state index < -0.39 is 5.54 Å². The first-order chi connectivity index (χ1) is 11.3. The average molecular weight is 332 g/mol. The van der Waals surface area contributed by atoms with Crippen LogP contribution in [0.1, 0.15) is 25.3 Å². The van der Waals surface area contributed by atoms with Gasteiger partial charge in [0.2, 0.25) is 0 Å². The van der Waals surface area contributed by atoms with Crippen LogP contribution in [0.5, 0.6) is 0 Å². The van der Waals surface area contributed by atoms with E-state index in [0.717, 1.165) is 31.5 Å². The minimum absolute atomic E-state index is 0.0205. The molecule has 2 aliphatic rings. The molecule has 3 amide bonds. The number of nitrogens with one attached hydrogen (secondary N) is 1. The molecule has 0 saturated carbocycles. The third-order valence-electron chi connectivity index (χ3n) is 5.32. The Kier molecular flexibility index (Phi) is 4.21. The zero-order chi connectivity index (χ0) is 17.5. The van der Waals surface area contributed by atoms with Crippen molar-refractivity contribution in [1.29, 1.82) is 0 Å². The minimum Gasteiger partial charge on any atom is -0.323 e. The number of hydrogen-bond acceptors (Lipinski definition) is 4. The summed E-state index contributed by atoms with van der Waals surface area (Å²) in [6.07, 6.45) is 3.65. The van der Waals surface area contributed by atoms with Crippen LogP contribution in [0.4, 0.5) is 4.79 Å².